The number of nitrogens with one attached hydrogen (secondary N) is 3. The summed E-state index contributed by atoms with van der Waals surface area (Å²) < 4.78 is 26.8. The van der Waals surface area contributed by atoms with E-state index in [1.54, 1.807) is 19.3 Å². The maximum atomic E-state index is 12.2. The first-order valence-electron chi connectivity index (χ1n) is 6.10. The first-order chi connectivity index (χ1) is 9.53. The Morgan fingerprint density at radius 3 is 2.55 bits per heavy atom. The number of rotatable bonds is 6. The second kappa shape index (κ2) is 5.97. The van der Waals surface area contributed by atoms with Crippen molar-refractivity contribution in [1.29, 1.82) is 0 Å². The molecule has 1 unspecified atom stereocenters. The molecule has 108 valence electrons. The third-order valence-corrected chi connectivity index (χ3v) is 4.03. The summed E-state index contributed by atoms with van der Waals surface area (Å²) in [6.07, 6.45) is 5.73. The normalized spacial score (nSPS) is 13.1. The lowest BCUT2D eigenvalue weighted by Gasteiger charge is -2.12. The van der Waals surface area contributed by atoms with E-state index in [1.807, 2.05) is 6.92 Å². The van der Waals surface area contributed by atoms with E-state index >= 15 is 0 Å². The number of hydrogen-bond acceptors (Lipinski definition) is 6. The molecular formula is C11H16N6O2S. The van der Waals surface area contributed by atoms with Crippen molar-refractivity contribution in [2.45, 2.75) is 24.8 Å². The Morgan fingerprint density at radius 1 is 1.30 bits per heavy atom. The summed E-state index contributed by atoms with van der Waals surface area (Å²) in [5.41, 5.74) is 0. The highest BCUT2D eigenvalue weighted by Gasteiger charge is 2.20. The molecule has 2 aromatic heterocycles. The third kappa shape index (κ3) is 3.31. The number of hydrogen-bond donors (Lipinski definition) is 3. The van der Waals surface area contributed by atoms with Crippen LogP contribution in [-0.2, 0) is 10.0 Å². The molecule has 0 amide bonds. The lowest BCUT2D eigenvalue weighted by molar-refractivity contribution is 0.560. The Morgan fingerprint density at radius 2 is 2.00 bits per heavy atom. The summed E-state index contributed by atoms with van der Waals surface area (Å²) in [7, 11) is -3.68. The van der Waals surface area contributed by atoms with E-state index in [0.717, 1.165) is 0 Å². The van der Waals surface area contributed by atoms with Crippen LogP contribution in [0, 0.1) is 0 Å². The molecule has 0 saturated heterocycles. The van der Waals surface area contributed by atoms with Crippen LogP contribution in [-0.4, -0.2) is 34.9 Å². The zero-order valence-electron chi connectivity index (χ0n) is 11.2. The first-order valence-corrected chi connectivity index (χ1v) is 7.58. The summed E-state index contributed by atoms with van der Waals surface area (Å²) in [5.74, 6) is 0.935. The van der Waals surface area contributed by atoms with E-state index < -0.39 is 16.1 Å². The molecule has 20 heavy (non-hydrogen) atoms. The summed E-state index contributed by atoms with van der Waals surface area (Å²) in [6, 6.07) is -0.469. The van der Waals surface area contributed by atoms with Crippen LogP contribution >= 0.6 is 0 Å². The number of sulfonamides is 1. The van der Waals surface area contributed by atoms with Gasteiger partial charge in [-0.25, -0.2) is 28.1 Å². The number of H-pyrrole nitrogens is 1. The van der Waals surface area contributed by atoms with E-state index in [2.05, 4.69) is 30.0 Å². The predicted molar refractivity (Wildman–Crippen MR) is 73.5 cm³/mol. The van der Waals surface area contributed by atoms with Crippen molar-refractivity contribution in [2.75, 3.05) is 11.9 Å². The fraction of sp³-hybridized carbons (Fsp3) is 0.364. The van der Waals surface area contributed by atoms with Gasteiger partial charge in [-0.15, -0.1) is 0 Å². The van der Waals surface area contributed by atoms with Gasteiger partial charge in [0.25, 0.3) is 0 Å². The van der Waals surface area contributed by atoms with Gasteiger partial charge in [-0.05, 0) is 13.8 Å². The van der Waals surface area contributed by atoms with Crippen molar-refractivity contribution in [3.05, 3.63) is 30.6 Å². The van der Waals surface area contributed by atoms with Gasteiger partial charge in [0, 0.05) is 18.9 Å². The summed E-state index contributed by atoms with van der Waals surface area (Å²) >= 11 is 0. The third-order valence-electron chi connectivity index (χ3n) is 2.53. The van der Waals surface area contributed by atoms with Crippen molar-refractivity contribution in [3.63, 3.8) is 0 Å². The highest BCUT2D eigenvalue weighted by molar-refractivity contribution is 7.89. The van der Waals surface area contributed by atoms with Crippen LogP contribution in [0.5, 0.6) is 0 Å². The Kier molecular flexibility index (Phi) is 4.30. The Balaban J connectivity index is 2.13. The molecule has 0 radical (unpaired) electrons. The number of nitrogens with zero attached hydrogens (tertiary/aromatic N) is 3. The van der Waals surface area contributed by atoms with E-state index in [4.69, 9.17) is 0 Å². The molecule has 2 rings (SSSR count). The van der Waals surface area contributed by atoms with E-state index in [1.165, 1.54) is 12.4 Å². The van der Waals surface area contributed by atoms with E-state index in [-0.39, 0.29) is 4.90 Å². The fourth-order valence-electron chi connectivity index (χ4n) is 1.58. The largest absolute Gasteiger partial charge is 0.355 e. The number of anilines is 1. The summed E-state index contributed by atoms with van der Waals surface area (Å²) in [5, 5.41) is 2.90. The molecule has 2 heterocycles. The molecule has 0 saturated carbocycles. The maximum Gasteiger partial charge on any atom is 0.244 e. The van der Waals surface area contributed by atoms with Crippen LogP contribution in [0.2, 0.25) is 0 Å². The van der Waals surface area contributed by atoms with Crippen molar-refractivity contribution in [1.82, 2.24) is 24.7 Å². The average molecular weight is 296 g/mol. The average Bonchev–Trinajstić information content (AvgIpc) is 2.93. The van der Waals surface area contributed by atoms with Crippen molar-refractivity contribution < 1.29 is 8.42 Å². The summed E-state index contributed by atoms with van der Waals surface area (Å²) in [6.45, 7) is 4.27. The fourth-order valence-corrected chi connectivity index (χ4v) is 2.67. The standard InChI is InChI=1S/C11H16N6O2S/c1-3-12-11-15-6-9(7-16-11)20(18,19)17-8(2)10-13-4-5-14-10/h4-8,17H,3H2,1-2H3,(H,13,14)(H,12,15,16). The molecular weight excluding hydrogens is 280 g/mol. The topological polar surface area (TPSA) is 113 Å². The SMILES string of the molecule is CCNc1ncc(S(=O)(=O)NC(C)c2ncc[nH]2)cn1. The zero-order valence-corrected chi connectivity index (χ0v) is 12.0. The second-order valence-electron chi connectivity index (χ2n) is 4.09. The van der Waals surface area contributed by atoms with Gasteiger partial charge in [-0.1, -0.05) is 0 Å². The van der Waals surface area contributed by atoms with Crippen molar-refractivity contribution in [2.24, 2.45) is 0 Å². The van der Waals surface area contributed by atoms with Crippen LogP contribution in [0.4, 0.5) is 5.95 Å². The molecule has 0 bridgehead atoms. The molecule has 1 atom stereocenters. The zero-order chi connectivity index (χ0) is 14.6. The van der Waals surface area contributed by atoms with Gasteiger partial charge in [0.1, 0.15) is 10.7 Å². The van der Waals surface area contributed by atoms with E-state index in [0.29, 0.717) is 18.3 Å². The predicted octanol–water partition coefficient (Wildman–Crippen LogP) is 0.671. The van der Waals surface area contributed by atoms with Gasteiger partial charge in [-0.3, -0.25) is 0 Å². The molecule has 2 aromatic rings. The molecule has 0 aliphatic heterocycles. The molecule has 9 heteroatoms. The van der Waals surface area contributed by atoms with Crippen LogP contribution in [0.15, 0.2) is 29.7 Å². The van der Waals surface area contributed by atoms with Crippen LogP contribution in [0.1, 0.15) is 25.7 Å². The van der Waals surface area contributed by atoms with Gasteiger partial charge in [0.05, 0.1) is 18.4 Å². The minimum Gasteiger partial charge on any atom is -0.355 e. The second-order valence-corrected chi connectivity index (χ2v) is 5.80. The smallest absolute Gasteiger partial charge is 0.244 e. The maximum absolute atomic E-state index is 12.2. The van der Waals surface area contributed by atoms with Gasteiger partial charge in [0.15, 0.2) is 0 Å². The molecule has 0 spiro atoms. The number of aromatic nitrogens is 4. The lowest BCUT2D eigenvalue weighted by Crippen LogP contribution is -2.27. The highest BCUT2D eigenvalue weighted by Crippen LogP contribution is 2.13. The van der Waals surface area contributed by atoms with Crippen LogP contribution < -0.4 is 10.0 Å². The minimum atomic E-state index is -3.68. The molecule has 8 nitrogen and oxygen atoms in total. The minimum absolute atomic E-state index is 0.0116. The Hall–Kier alpha value is -2.00. The van der Waals surface area contributed by atoms with E-state index in [9.17, 15) is 8.42 Å². The summed E-state index contributed by atoms with van der Waals surface area (Å²) in [4.78, 5) is 14.8. The van der Waals surface area contributed by atoms with Gasteiger partial charge < -0.3 is 10.3 Å². The van der Waals surface area contributed by atoms with Crippen LogP contribution in [0.25, 0.3) is 0 Å². The Bertz CT molecular complexity index is 638. The first kappa shape index (κ1) is 14.4. The van der Waals surface area contributed by atoms with Gasteiger partial charge in [-0.2, -0.15) is 0 Å². The Labute approximate surface area is 117 Å². The van der Waals surface area contributed by atoms with Crippen molar-refractivity contribution >= 4 is 16.0 Å². The number of imidazole rings is 1. The lowest BCUT2D eigenvalue weighted by atomic mass is 10.3. The van der Waals surface area contributed by atoms with Gasteiger partial charge in [0.2, 0.25) is 16.0 Å². The van der Waals surface area contributed by atoms with Gasteiger partial charge >= 0.3 is 0 Å². The molecule has 0 aliphatic rings. The molecule has 0 fully saturated rings. The monoisotopic (exact) mass is 296 g/mol. The highest BCUT2D eigenvalue weighted by atomic mass is 32.2. The number of aromatic amines is 1. The van der Waals surface area contributed by atoms with Crippen LogP contribution in [0.3, 0.4) is 0 Å². The molecule has 3 N–H and O–H groups in total. The van der Waals surface area contributed by atoms with Crippen molar-refractivity contribution in [3.8, 4) is 0 Å². The molecule has 0 aliphatic carbocycles. The quantitative estimate of drug-likeness (QED) is 0.722. The molecule has 0 aromatic carbocycles.